The van der Waals surface area contributed by atoms with Crippen molar-refractivity contribution in [1.29, 1.82) is 0 Å². The van der Waals surface area contributed by atoms with Crippen molar-refractivity contribution in [3.63, 3.8) is 0 Å². The number of carbonyl (C=O) groups is 1. The molecule has 0 spiro atoms. The Hall–Kier alpha value is -2.55. The van der Waals surface area contributed by atoms with Crippen LogP contribution in [-0.2, 0) is 14.8 Å². The Balaban J connectivity index is 2.07. The summed E-state index contributed by atoms with van der Waals surface area (Å²) in [5.41, 5.74) is 0.128. The van der Waals surface area contributed by atoms with Gasteiger partial charge in [-0.15, -0.1) is 0 Å². The Morgan fingerprint density at radius 2 is 1.80 bits per heavy atom. The lowest BCUT2D eigenvalue weighted by molar-refractivity contribution is -0.116. The van der Waals surface area contributed by atoms with Gasteiger partial charge in [0.05, 0.1) is 11.9 Å². The monoisotopic (exact) mass is 372 g/mol. The van der Waals surface area contributed by atoms with Crippen molar-refractivity contribution in [3.05, 3.63) is 59.9 Å². The van der Waals surface area contributed by atoms with Crippen molar-refractivity contribution in [3.8, 4) is 0 Å². The molecule has 0 aromatic heterocycles. The number of rotatable bonds is 6. The molecule has 2 aromatic carbocycles. The molecule has 0 unspecified atom stereocenters. The summed E-state index contributed by atoms with van der Waals surface area (Å²) in [6.45, 7) is -0.238. The summed E-state index contributed by atoms with van der Waals surface area (Å²) in [4.78, 5) is 11.9. The second kappa shape index (κ2) is 7.56. The predicted molar refractivity (Wildman–Crippen MR) is 88.2 cm³/mol. The van der Waals surface area contributed by atoms with Crippen LogP contribution in [0.1, 0.15) is 6.42 Å². The van der Waals surface area contributed by atoms with E-state index in [0.29, 0.717) is 0 Å². The Morgan fingerprint density at radius 1 is 1.08 bits per heavy atom. The Labute approximate surface area is 143 Å². The molecule has 0 bridgehead atoms. The van der Waals surface area contributed by atoms with Gasteiger partial charge in [0.25, 0.3) is 0 Å². The van der Waals surface area contributed by atoms with Crippen molar-refractivity contribution in [2.75, 3.05) is 22.4 Å². The molecule has 1 N–H and O–H groups in total. The van der Waals surface area contributed by atoms with E-state index in [4.69, 9.17) is 0 Å². The van der Waals surface area contributed by atoms with Crippen LogP contribution in [0.5, 0.6) is 0 Å². The summed E-state index contributed by atoms with van der Waals surface area (Å²) in [6.07, 6.45) is 0.674. The summed E-state index contributed by atoms with van der Waals surface area (Å²) < 4.78 is 63.9. The first-order valence-corrected chi connectivity index (χ1v) is 9.00. The Bertz CT molecular complexity index is 888. The molecule has 9 heteroatoms. The van der Waals surface area contributed by atoms with Crippen molar-refractivity contribution < 1.29 is 26.4 Å². The van der Waals surface area contributed by atoms with Gasteiger partial charge in [0.2, 0.25) is 15.9 Å². The molecule has 1 amide bonds. The maximum Gasteiger partial charge on any atom is 0.232 e. The number of benzene rings is 2. The smallest absolute Gasteiger partial charge is 0.232 e. The third kappa shape index (κ3) is 5.21. The molecule has 0 saturated carbocycles. The molecule has 25 heavy (non-hydrogen) atoms. The van der Waals surface area contributed by atoms with Crippen LogP contribution in [0.3, 0.4) is 0 Å². The van der Waals surface area contributed by atoms with Crippen LogP contribution in [0.15, 0.2) is 42.5 Å². The van der Waals surface area contributed by atoms with Gasteiger partial charge >= 0.3 is 0 Å². The molecule has 0 fully saturated rings. The minimum Gasteiger partial charge on any atom is -0.326 e. The molecule has 134 valence electrons. The van der Waals surface area contributed by atoms with E-state index < -0.39 is 33.4 Å². The van der Waals surface area contributed by atoms with E-state index in [2.05, 4.69) is 5.32 Å². The zero-order chi connectivity index (χ0) is 18.6. The second-order valence-electron chi connectivity index (χ2n) is 5.24. The lowest BCUT2D eigenvalue weighted by atomic mass is 10.2. The van der Waals surface area contributed by atoms with E-state index in [0.717, 1.165) is 28.8 Å². The topological polar surface area (TPSA) is 66.5 Å². The van der Waals surface area contributed by atoms with Crippen LogP contribution in [0.25, 0.3) is 0 Å². The summed E-state index contributed by atoms with van der Waals surface area (Å²) in [5.74, 6) is -3.38. The highest BCUT2D eigenvalue weighted by atomic mass is 32.2. The van der Waals surface area contributed by atoms with E-state index in [1.165, 1.54) is 24.3 Å². The van der Waals surface area contributed by atoms with Gasteiger partial charge in [-0.3, -0.25) is 9.10 Å². The minimum atomic E-state index is -3.74. The van der Waals surface area contributed by atoms with Crippen LogP contribution in [-0.4, -0.2) is 27.1 Å². The first-order valence-electron chi connectivity index (χ1n) is 7.15. The van der Waals surface area contributed by atoms with E-state index in [9.17, 15) is 26.4 Å². The maximum absolute atomic E-state index is 13.3. The van der Waals surface area contributed by atoms with Crippen LogP contribution in [0.2, 0.25) is 0 Å². The molecule has 0 saturated heterocycles. The number of hydrogen-bond acceptors (Lipinski definition) is 3. The highest BCUT2D eigenvalue weighted by molar-refractivity contribution is 7.92. The van der Waals surface area contributed by atoms with Gasteiger partial charge < -0.3 is 5.32 Å². The maximum atomic E-state index is 13.3. The van der Waals surface area contributed by atoms with E-state index in [1.54, 1.807) is 0 Å². The molecular formula is C16H15F3N2O3S. The number of nitrogens with one attached hydrogen (secondary N) is 1. The number of carbonyl (C=O) groups excluding carboxylic acids is 1. The molecule has 0 aliphatic carbocycles. The fraction of sp³-hybridized carbons (Fsp3) is 0.188. The van der Waals surface area contributed by atoms with Gasteiger partial charge in [-0.25, -0.2) is 21.6 Å². The SMILES string of the molecule is CS(=O)(=O)N(CCC(=O)Nc1ccc(F)c(F)c1)c1cccc(F)c1. The summed E-state index contributed by atoms with van der Waals surface area (Å²) >= 11 is 0. The largest absolute Gasteiger partial charge is 0.326 e. The van der Waals surface area contributed by atoms with Crippen molar-refractivity contribution in [2.24, 2.45) is 0 Å². The van der Waals surface area contributed by atoms with Gasteiger partial charge in [0, 0.05) is 24.7 Å². The van der Waals surface area contributed by atoms with Crippen LogP contribution in [0.4, 0.5) is 24.5 Å². The van der Waals surface area contributed by atoms with Gasteiger partial charge in [-0.05, 0) is 30.3 Å². The molecular weight excluding hydrogens is 357 g/mol. The van der Waals surface area contributed by atoms with Crippen molar-refractivity contribution in [2.45, 2.75) is 6.42 Å². The van der Waals surface area contributed by atoms with Gasteiger partial charge in [-0.1, -0.05) is 6.07 Å². The first kappa shape index (κ1) is 18.8. The molecule has 0 aliphatic rings. The average molecular weight is 372 g/mol. The minimum absolute atomic E-state index is 0.0422. The van der Waals surface area contributed by atoms with Crippen molar-refractivity contribution >= 4 is 27.3 Å². The summed E-state index contributed by atoms with van der Waals surface area (Å²) in [7, 11) is -3.74. The van der Waals surface area contributed by atoms with E-state index in [-0.39, 0.29) is 24.3 Å². The first-order chi connectivity index (χ1) is 11.7. The van der Waals surface area contributed by atoms with Gasteiger partial charge in [0.1, 0.15) is 5.82 Å². The molecule has 5 nitrogen and oxygen atoms in total. The average Bonchev–Trinajstić information content (AvgIpc) is 2.50. The van der Waals surface area contributed by atoms with Crippen LogP contribution >= 0.6 is 0 Å². The quantitative estimate of drug-likeness (QED) is 0.848. The lowest BCUT2D eigenvalue weighted by Crippen LogP contribution is -2.33. The predicted octanol–water partition coefficient (Wildman–Crippen LogP) is 2.90. The Morgan fingerprint density at radius 3 is 2.40 bits per heavy atom. The summed E-state index contributed by atoms with van der Waals surface area (Å²) in [5, 5.41) is 2.34. The van der Waals surface area contributed by atoms with Crippen molar-refractivity contribution in [1.82, 2.24) is 0 Å². The lowest BCUT2D eigenvalue weighted by Gasteiger charge is -2.22. The molecule has 0 atom stereocenters. The molecule has 0 radical (unpaired) electrons. The molecule has 2 aromatic rings. The van der Waals surface area contributed by atoms with Crippen LogP contribution < -0.4 is 9.62 Å². The molecule has 2 rings (SSSR count). The Kier molecular flexibility index (Phi) is 5.68. The third-order valence-electron chi connectivity index (χ3n) is 3.24. The van der Waals surface area contributed by atoms with Gasteiger partial charge in [0.15, 0.2) is 11.6 Å². The standard InChI is InChI=1S/C16H15F3N2O3S/c1-25(23,24)21(13-4-2-3-11(17)9-13)8-7-16(22)20-12-5-6-14(18)15(19)10-12/h2-6,9-10H,7-8H2,1H3,(H,20,22). The fourth-order valence-electron chi connectivity index (χ4n) is 2.12. The highest BCUT2D eigenvalue weighted by Gasteiger charge is 2.19. The number of amides is 1. The number of hydrogen-bond donors (Lipinski definition) is 1. The second-order valence-corrected chi connectivity index (χ2v) is 7.15. The fourth-order valence-corrected chi connectivity index (χ4v) is 3.04. The number of halogens is 3. The van der Waals surface area contributed by atoms with Gasteiger partial charge in [-0.2, -0.15) is 0 Å². The van der Waals surface area contributed by atoms with E-state index in [1.807, 2.05) is 0 Å². The van der Waals surface area contributed by atoms with E-state index >= 15 is 0 Å². The number of nitrogens with zero attached hydrogens (tertiary/aromatic N) is 1. The molecule has 0 heterocycles. The number of sulfonamides is 1. The normalized spacial score (nSPS) is 11.2. The zero-order valence-corrected chi connectivity index (χ0v) is 14.0. The third-order valence-corrected chi connectivity index (χ3v) is 4.44. The zero-order valence-electron chi connectivity index (χ0n) is 13.2. The molecule has 0 aliphatic heterocycles. The number of anilines is 2. The highest BCUT2D eigenvalue weighted by Crippen LogP contribution is 2.19. The van der Waals surface area contributed by atoms with Crippen LogP contribution in [0, 0.1) is 17.5 Å². The summed E-state index contributed by atoms with van der Waals surface area (Å²) in [6, 6.07) is 7.81.